The second kappa shape index (κ2) is 7.30. The van der Waals surface area contributed by atoms with Gasteiger partial charge in [-0.2, -0.15) is 0 Å². The number of carbonyl (C=O) groups is 1. The lowest BCUT2D eigenvalue weighted by molar-refractivity contribution is 0.0691. The predicted molar refractivity (Wildman–Crippen MR) is 121 cm³/mol. The normalized spacial score (nSPS) is 12.6. The van der Waals surface area contributed by atoms with Gasteiger partial charge in [0.2, 0.25) is 0 Å². The van der Waals surface area contributed by atoms with Gasteiger partial charge in [-0.25, -0.2) is 14.8 Å². The number of rotatable bonds is 5. The van der Waals surface area contributed by atoms with Gasteiger partial charge in [-0.05, 0) is 56.5 Å². The van der Waals surface area contributed by atoms with Crippen molar-refractivity contribution in [3.05, 3.63) is 65.1 Å². The van der Waals surface area contributed by atoms with E-state index < -0.39 is 5.97 Å². The molecule has 32 heavy (non-hydrogen) atoms. The lowest BCUT2D eigenvalue weighted by Gasteiger charge is -2.21. The van der Waals surface area contributed by atoms with Crippen molar-refractivity contribution in [2.75, 3.05) is 5.32 Å². The molecule has 4 aromatic heterocycles. The van der Waals surface area contributed by atoms with E-state index >= 15 is 0 Å². The molecule has 0 aliphatic carbocycles. The molecule has 0 spiro atoms. The van der Waals surface area contributed by atoms with Crippen LogP contribution in [0.25, 0.3) is 22.2 Å². The number of nitrogens with zero attached hydrogens (tertiary/aromatic N) is 6. The first-order valence-corrected chi connectivity index (χ1v) is 10.5. The molecule has 1 aromatic carbocycles. The third-order valence-electron chi connectivity index (χ3n) is 5.77. The van der Waals surface area contributed by atoms with Crippen molar-refractivity contribution in [1.29, 1.82) is 0 Å². The van der Waals surface area contributed by atoms with Crippen LogP contribution in [-0.4, -0.2) is 40.0 Å². The van der Waals surface area contributed by atoms with Crippen LogP contribution in [0.1, 0.15) is 52.9 Å². The monoisotopic (exact) mass is 429 g/mol. The van der Waals surface area contributed by atoms with E-state index in [9.17, 15) is 9.90 Å². The summed E-state index contributed by atoms with van der Waals surface area (Å²) in [6, 6.07) is 7.56. The average Bonchev–Trinajstić information content (AvgIpc) is 3.41. The molecule has 162 valence electrons. The van der Waals surface area contributed by atoms with Crippen molar-refractivity contribution in [3.63, 3.8) is 0 Å². The van der Waals surface area contributed by atoms with Crippen molar-refractivity contribution in [2.24, 2.45) is 0 Å². The highest BCUT2D eigenvalue weighted by atomic mass is 16.4. The van der Waals surface area contributed by atoms with Crippen LogP contribution in [0.4, 0.5) is 5.69 Å². The molecule has 0 amide bonds. The van der Waals surface area contributed by atoms with Crippen LogP contribution in [-0.2, 0) is 6.42 Å². The summed E-state index contributed by atoms with van der Waals surface area (Å²) in [6.07, 6.45) is 4.32. The molecule has 0 saturated heterocycles. The number of benzene rings is 1. The third-order valence-corrected chi connectivity index (χ3v) is 5.77. The molecule has 9 nitrogen and oxygen atoms in total. The number of aromatic carboxylic acids is 1. The van der Waals surface area contributed by atoms with Crippen LogP contribution in [0.15, 0.2) is 36.9 Å². The number of pyridine rings is 1. The third kappa shape index (κ3) is 2.96. The Labute approximate surface area is 183 Å². The van der Waals surface area contributed by atoms with E-state index in [1.807, 2.05) is 24.6 Å². The number of anilines is 1. The number of carboxylic acid groups (broad SMARTS) is 1. The minimum Gasteiger partial charge on any atom is -0.476 e. The molecule has 4 heterocycles. The van der Waals surface area contributed by atoms with Gasteiger partial charge >= 0.3 is 5.97 Å². The zero-order valence-electron chi connectivity index (χ0n) is 18.3. The first-order valence-electron chi connectivity index (χ1n) is 10.5. The first-order chi connectivity index (χ1) is 15.4. The van der Waals surface area contributed by atoms with Gasteiger partial charge in [-0.15, -0.1) is 10.2 Å². The van der Waals surface area contributed by atoms with Crippen LogP contribution in [0.5, 0.6) is 0 Å². The molecule has 9 heteroatoms. The van der Waals surface area contributed by atoms with Crippen LogP contribution in [0.3, 0.4) is 0 Å². The van der Waals surface area contributed by atoms with Gasteiger partial charge in [0.05, 0.1) is 22.9 Å². The Morgan fingerprint density at radius 2 is 2.00 bits per heavy atom. The molecule has 0 radical (unpaired) electrons. The highest BCUT2D eigenvalue weighted by Gasteiger charge is 2.21. The van der Waals surface area contributed by atoms with Crippen molar-refractivity contribution in [2.45, 2.75) is 40.2 Å². The minimum atomic E-state index is -1.06. The fraction of sp³-hybridized carbons (Fsp3) is 0.261. The molecule has 1 atom stereocenters. The average molecular weight is 429 g/mol. The Balaban J connectivity index is 1.76. The van der Waals surface area contributed by atoms with Crippen molar-refractivity contribution < 1.29 is 9.90 Å². The Bertz CT molecular complexity index is 1520. The number of hydrogen-bond donors (Lipinski definition) is 2. The predicted octanol–water partition coefficient (Wildman–Crippen LogP) is 3.98. The molecular formula is C23H23N7O2. The number of carboxylic acids is 1. The second-order valence-electron chi connectivity index (χ2n) is 8.03. The molecule has 0 fully saturated rings. The molecule has 5 aromatic rings. The van der Waals surface area contributed by atoms with Gasteiger partial charge in [-0.3, -0.25) is 8.80 Å². The lowest BCUT2D eigenvalue weighted by atomic mass is 10.0. The Kier molecular flexibility index (Phi) is 4.54. The highest BCUT2D eigenvalue weighted by molar-refractivity contribution is 5.97. The van der Waals surface area contributed by atoms with Crippen LogP contribution in [0.2, 0.25) is 0 Å². The Hall–Kier alpha value is -4.01. The summed E-state index contributed by atoms with van der Waals surface area (Å²) in [5.41, 5.74) is 6.84. The van der Waals surface area contributed by atoms with E-state index in [0.29, 0.717) is 11.4 Å². The SMILES string of the molecule is CCc1ncn2c3c(C(C)Nc4ccc(C)nc4C(=O)O)cc(C)cc3c3nncn3c12. The quantitative estimate of drug-likeness (QED) is 0.435. The molecule has 2 N–H and O–H groups in total. The van der Waals surface area contributed by atoms with Crippen LogP contribution in [0, 0.1) is 13.8 Å². The number of hydrogen-bond acceptors (Lipinski definition) is 6. The van der Waals surface area contributed by atoms with E-state index in [2.05, 4.69) is 48.9 Å². The van der Waals surface area contributed by atoms with E-state index in [1.54, 1.807) is 25.4 Å². The Morgan fingerprint density at radius 3 is 2.75 bits per heavy atom. The number of aryl methyl sites for hydroxylation is 3. The highest BCUT2D eigenvalue weighted by Crippen LogP contribution is 2.32. The van der Waals surface area contributed by atoms with Crippen molar-refractivity contribution in [3.8, 4) is 0 Å². The number of fused-ring (bicyclic) bond motifs is 6. The fourth-order valence-corrected chi connectivity index (χ4v) is 4.34. The summed E-state index contributed by atoms with van der Waals surface area (Å²) in [7, 11) is 0. The maximum absolute atomic E-state index is 11.8. The molecule has 0 bridgehead atoms. The Morgan fingerprint density at radius 1 is 1.19 bits per heavy atom. The molecular weight excluding hydrogens is 406 g/mol. The first kappa shape index (κ1) is 19.9. The number of aromatic nitrogens is 6. The summed E-state index contributed by atoms with van der Waals surface area (Å²) in [6.45, 7) is 7.89. The summed E-state index contributed by atoms with van der Waals surface area (Å²) in [4.78, 5) is 20.6. The van der Waals surface area contributed by atoms with Gasteiger partial charge < -0.3 is 10.4 Å². The summed E-state index contributed by atoms with van der Waals surface area (Å²) in [5, 5.41) is 22.5. The maximum atomic E-state index is 11.8. The largest absolute Gasteiger partial charge is 0.476 e. The summed E-state index contributed by atoms with van der Waals surface area (Å²) in [5.74, 6) is -1.06. The summed E-state index contributed by atoms with van der Waals surface area (Å²) < 4.78 is 4.05. The zero-order valence-corrected chi connectivity index (χ0v) is 18.3. The standard InChI is InChI=1S/C23H23N7O2/c1-5-17-22-29(10-24-17)20-15(8-12(2)9-16(20)21-28-25-11-30(21)22)14(4)27-18-7-6-13(3)26-19(18)23(31)32/h6-11,14,27H,5H2,1-4H3,(H,31,32). The van der Waals surface area contributed by atoms with Gasteiger partial charge in [-0.1, -0.05) is 13.0 Å². The number of nitrogens with one attached hydrogen (secondary N) is 1. The smallest absolute Gasteiger partial charge is 0.356 e. The second-order valence-corrected chi connectivity index (χ2v) is 8.03. The summed E-state index contributed by atoms with van der Waals surface area (Å²) >= 11 is 0. The van der Waals surface area contributed by atoms with E-state index in [1.165, 1.54) is 0 Å². The molecule has 0 saturated carbocycles. The van der Waals surface area contributed by atoms with Crippen molar-refractivity contribution in [1.82, 2.24) is 29.0 Å². The van der Waals surface area contributed by atoms with Crippen LogP contribution < -0.4 is 5.32 Å². The van der Waals surface area contributed by atoms with Gasteiger partial charge in [0.1, 0.15) is 18.3 Å². The minimum absolute atomic E-state index is 0.00898. The van der Waals surface area contributed by atoms with E-state index in [0.717, 1.165) is 45.4 Å². The maximum Gasteiger partial charge on any atom is 0.356 e. The molecule has 1 unspecified atom stereocenters. The number of imidazole rings is 1. The van der Waals surface area contributed by atoms with Crippen molar-refractivity contribution >= 4 is 33.9 Å². The molecule has 0 aliphatic heterocycles. The van der Waals surface area contributed by atoms with E-state index in [-0.39, 0.29) is 11.7 Å². The zero-order chi connectivity index (χ0) is 22.6. The van der Waals surface area contributed by atoms with Gasteiger partial charge in [0.25, 0.3) is 0 Å². The lowest BCUT2D eigenvalue weighted by Crippen LogP contribution is -2.14. The van der Waals surface area contributed by atoms with Crippen LogP contribution >= 0.6 is 0 Å². The topological polar surface area (TPSA) is 110 Å². The van der Waals surface area contributed by atoms with Gasteiger partial charge in [0.15, 0.2) is 11.3 Å². The molecule has 5 rings (SSSR count). The van der Waals surface area contributed by atoms with E-state index in [4.69, 9.17) is 0 Å². The molecule has 0 aliphatic rings. The fourth-order valence-electron chi connectivity index (χ4n) is 4.34. The van der Waals surface area contributed by atoms with Gasteiger partial charge in [0, 0.05) is 11.1 Å².